The van der Waals surface area contributed by atoms with Gasteiger partial charge in [-0.1, -0.05) is 6.07 Å². The maximum absolute atomic E-state index is 12.5. The van der Waals surface area contributed by atoms with Gasteiger partial charge < -0.3 is 15.7 Å². The Bertz CT molecular complexity index is 695. The van der Waals surface area contributed by atoms with E-state index >= 15 is 0 Å². The van der Waals surface area contributed by atoms with Gasteiger partial charge in [0.2, 0.25) is 0 Å². The standard InChI is InChI=1S/C16H16N2O2/c1-10-6-11(3-5-15(10)19)16(20)18-8-12-2-4-14(17)7-13(12)9-18/h2-7,19H,8-9,17H2,1H3. The van der Waals surface area contributed by atoms with Crippen LogP contribution in [0.15, 0.2) is 36.4 Å². The molecule has 0 fully saturated rings. The quantitative estimate of drug-likeness (QED) is 0.781. The summed E-state index contributed by atoms with van der Waals surface area (Å²) in [4.78, 5) is 14.3. The number of fused-ring (bicyclic) bond motifs is 1. The number of nitrogen functional groups attached to an aromatic ring is 1. The van der Waals surface area contributed by atoms with Gasteiger partial charge in [-0.25, -0.2) is 0 Å². The van der Waals surface area contributed by atoms with Crippen LogP contribution in [-0.2, 0) is 13.1 Å². The van der Waals surface area contributed by atoms with Crippen LogP contribution in [-0.4, -0.2) is 15.9 Å². The molecule has 0 bridgehead atoms. The lowest BCUT2D eigenvalue weighted by Crippen LogP contribution is -2.25. The van der Waals surface area contributed by atoms with Crippen LogP contribution < -0.4 is 5.73 Å². The van der Waals surface area contributed by atoms with Crippen molar-refractivity contribution in [3.63, 3.8) is 0 Å². The first-order valence-corrected chi connectivity index (χ1v) is 6.51. The summed E-state index contributed by atoms with van der Waals surface area (Å²) in [6, 6.07) is 10.7. The van der Waals surface area contributed by atoms with Crippen molar-refractivity contribution in [2.24, 2.45) is 0 Å². The molecule has 1 heterocycles. The van der Waals surface area contributed by atoms with Gasteiger partial charge in [0.05, 0.1) is 0 Å². The Hall–Kier alpha value is -2.49. The Kier molecular flexibility index (Phi) is 2.86. The number of carbonyl (C=O) groups excluding carboxylic acids is 1. The molecule has 0 spiro atoms. The molecule has 20 heavy (non-hydrogen) atoms. The fourth-order valence-corrected chi connectivity index (χ4v) is 2.53. The van der Waals surface area contributed by atoms with Crippen molar-refractivity contribution in [2.45, 2.75) is 20.0 Å². The first-order valence-electron chi connectivity index (χ1n) is 6.51. The molecule has 0 aromatic heterocycles. The first-order chi connectivity index (χ1) is 9.54. The smallest absolute Gasteiger partial charge is 0.254 e. The van der Waals surface area contributed by atoms with Gasteiger partial charge in [0, 0.05) is 24.3 Å². The fraction of sp³-hybridized carbons (Fsp3) is 0.188. The molecular formula is C16H16N2O2. The molecule has 3 N–H and O–H groups in total. The van der Waals surface area contributed by atoms with Crippen LogP contribution in [0.25, 0.3) is 0 Å². The van der Waals surface area contributed by atoms with Crippen LogP contribution >= 0.6 is 0 Å². The molecule has 0 aliphatic carbocycles. The van der Waals surface area contributed by atoms with E-state index in [1.54, 1.807) is 30.0 Å². The normalized spacial score (nSPS) is 13.3. The van der Waals surface area contributed by atoms with E-state index in [-0.39, 0.29) is 11.7 Å². The van der Waals surface area contributed by atoms with Crippen LogP contribution in [0.2, 0.25) is 0 Å². The summed E-state index contributed by atoms with van der Waals surface area (Å²) >= 11 is 0. The monoisotopic (exact) mass is 268 g/mol. The molecule has 102 valence electrons. The number of hydrogen-bond acceptors (Lipinski definition) is 3. The van der Waals surface area contributed by atoms with Gasteiger partial charge in [-0.3, -0.25) is 4.79 Å². The van der Waals surface area contributed by atoms with E-state index in [1.807, 2.05) is 18.2 Å². The lowest BCUT2D eigenvalue weighted by atomic mass is 10.1. The summed E-state index contributed by atoms with van der Waals surface area (Å²) in [6.45, 7) is 2.97. The summed E-state index contributed by atoms with van der Waals surface area (Å²) < 4.78 is 0. The molecular weight excluding hydrogens is 252 g/mol. The molecule has 0 radical (unpaired) electrons. The highest BCUT2D eigenvalue weighted by Gasteiger charge is 2.24. The van der Waals surface area contributed by atoms with Crippen molar-refractivity contribution < 1.29 is 9.90 Å². The molecule has 0 unspecified atom stereocenters. The Morgan fingerprint density at radius 2 is 1.90 bits per heavy atom. The fourth-order valence-electron chi connectivity index (χ4n) is 2.53. The summed E-state index contributed by atoms with van der Waals surface area (Å²) in [5, 5.41) is 9.52. The number of amides is 1. The molecule has 4 heteroatoms. The van der Waals surface area contributed by atoms with Crippen LogP contribution in [0, 0.1) is 6.92 Å². The summed E-state index contributed by atoms with van der Waals surface area (Å²) in [7, 11) is 0. The van der Waals surface area contributed by atoms with Crippen molar-refractivity contribution in [3.05, 3.63) is 58.7 Å². The average molecular weight is 268 g/mol. The predicted octanol–water partition coefficient (Wildman–Crippen LogP) is 2.44. The summed E-state index contributed by atoms with van der Waals surface area (Å²) in [5.41, 5.74) is 10.0. The molecule has 2 aromatic rings. The van der Waals surface area contributed by atoms with Gasteiger partial charge in [0.25, 0.3) is 5.91 Å². The van der Waals surface area contributed by atoms with Crippen LogP contribution in [0.3, 0.4) is 0 Å². The predicted molar refractivity (Wildman–Crippen MR) is 77.3 cm³/mol. The Balaban J connectivity index is 1.85. The molecule has 4 nitrogen and oxygen atoms in total. The minimum absolute atomic E-state index is 0.0251. The van der Waals surface area contributed by atoms with E-state index in [1.165, 1.54) is 0 Å². The molecule has 1 amide bonds. The number of carbonyl (C=O) groups is 1. The minimum Gasteiger partial charge on any atom is -0.508 e. The van der Waals surface area contributed by atoms with Gasteiger partial charge >= 0.3 is 0 Å². The number of benzene rings is 2. The van der Waals surface area contributed by atoms with Crippen molar-refractivity contribution >= 4 is 11.6 Å². The highest BCUT2D eigenvalue weighted by Crippen LogP contribution is 2.27. The summed E-state index contributed by atoms with van der Waals surface area (Å²) in [6.07, 6.45) is 0. The van der Waals surface area contributed by atoms with Gasteiger partial charge in [0.15, 0.2) is 0 Å². The summed E-state index contributed by atoms with van der Waals surface area (Å²) in [5.74, 6) is 0.182. The molecule has 3 rings (SSSR count). The first kappa shape index (κ1) is 12.5. The number of hydrogen-bond donors (Lipinski definition) is 2. The zero-order chi connectivity index (χ0) is 14.3. The van der Waals surface area contributed by atoms with E-state index < -0.39 is 0 Å². The van der Waals surface area contributed by atoms with E-state index in [0.717, 1.165) is 16.8 Å². The van der Waals surface area contributed by atoms with E-state index in [9.17, 15) is 9.90 Å². The Labute approximate surface area is 117 Å². The van der Waals surface area contributed by atoms with Gasteiger partial charge in [-0.2, -0.15) is 0 Å². The molecule has 2 aromatic carbocycles. The zero-order valence-electron chi connectivity index (χ0n) is 11.3. The van der Waals surface area contributed by atoms with E-state index in [0.29, 0.717) is 24.2 Å². The van der Waals surface area contributed by atoms with Crippen molar-refractivity contribution in [1.82, 2.24) is 4.90 Å². The lowest BCUT2D eigenvalue weighted by Gasteiger charge is -2.16. The number of aromatic hydroxyl groups is 1. The third-order valence-electron chi connectivity index (χ3n) is 3.68. The van der Waals surface area contributed by atoms with E-state index in [2.05, 4.69) is 0 Å². The largest absolute Gasteiger partial charge is 0.508 e. The number of phenolic OH excluding ortho intramolecular Hbond substituents is 1. The SMILES string of the molecule is Cc1cc(C(=O)N2Cc3ccc(N)cc3C2)ccc1O. The number of aryl methyl sites for hydroxylation is 1. The molecule has 1 aliphatic rings. The highest BCUT2D eigenvalue weighted by atomic mass is 16.3. The Morgan fingerprint density at radius 1 is 1.15 bits per heavy atom. The second-order valence-electron chi connectivity index (χ2n) is 5.19. The van der Waals surface area contributed by atoms with Crippen LogP contribution in [0.5, 0.6) is 5.75 Å². The average Bonchev–Trinajstić information content (AvgIpc) is 2.84. The zero-order valence-corrected chi connectivity index (χ0v) is 11.3. The number of phenols is 1. The van der Waals surface area contributed by atoms with Crippen molar-refractivity contribution in [2.75, 3.05) is 5.73 Å². The number of nitrogens with two attached hydrogens (primary N) is 1. The molecule has 0 atom stereocenters. The molecule has 0 saturated carbocycles. The molecule has 0 saturated heterocycles. The maximum Gasteiger partial charge on any atom is 0.254 e. The van der Waals surface area contributed by atoms with Crippen LogP contribution in [0.4, 0.5) is 5.69 Å². The number of nitrogens with zero attached hydrogens (tertiary/aromatic N) is 1. The Morgan fingerprint density at radius 3 is 2.65 bits per heavy atom. The second kappa shape index (κ2) is 4.56. The second-order valence-corrected chi connectivity index (χ2v) is 5.19. The van der Waals surface area contributed by atoms with Gasteiger partial charge in [-0.15, -0.1) is 0 Å². The highest BCUT2D eigenvalue weighted by molar-refractivity contribution is 5.95. The van der Waals surface area contributed by atoms with Crippen molar-refractivity contribution in [3.8, 4) is 5.75 Å². The van der Waals surface area contributed by atoms with Crippen molar-refractivity contribution in [1.29, 1.82) is 0 Å². The minimum atomic E-state index is -0.0251. The van der Waals surface area contributed by atoms with Gasteiger partial charge in [-0.05, 0) is 53.9 Å². The maximum atomic E-state index is 12.5. The third kappa shape index (κ3) is 2.09. The van der Waals surface area contributed by atoms with E-state index in [4.69, 9.17) is 5.73 Å². The molecule has 1 aliphatic heterocycles. The third-order valence-corrected chi connectivity index (χ3v) is 3.68. The number of anilines is 1. The van der Waals surface area contributed by atoms with Gasteiger partial charge in [0.1, 0.15) is 5.75 Å². The topological polar surface area (TPSA) is 66.6 Å². The number of rotatable bonds is 1. The lowest BCUT2D eigenvalue weighted by molar-refractivity contribution is 0.0751. The van der Waals surface area contributed by atoms with Crippen LogP contribution in [0.1, 0.15) is 27.0 Å².